The fourth-order valence-corrected chi connectivity index (χ4v) is 2.17. The van der Waals surface area contributed by atoms with Crippen molar-refractivity contribution < 1.29 is 4.74 Å². The molecule has 0 unspecified atom stereocenters. The van der Waals surface area contributed by atoms with Crippen molar-refractivity contribution in [2.45, 2.75) is 13.8 Å². The van der Waals surface area contributed by atoms with Crippen LogP contribution in [-0.4, -0.2) is 13.7 Å². The van der Waals surface area contributed by atoms with Crippen molar-refractivity contribution >= 4 is 16.3 Å². The highest BCUT2D eigenvalue weighted by atomic mass is 32.1. The summed E-state index contributed by atoms with van der Waals surface area (Å²) in [7, 11) is 1.62. The summed E-state index contributed by atoms with van der Waals surface area (Å²) in [6, 6.07) is 2.15. The molecule has 1 aromatic heterocycles. The van der Waals surface area contributed by atoms with Crippen LogP contribution in [0.3, 0.4) is 0 Å². The van der Waals surface area contributed by atoms with E-state index in [-0.39, 0.29) is 0 Å². The SMILES string of the molecule is CCNc1sc(C#N)c(C)c1OC. The van der Waals surface area contributed by atoms with Gasteiger partial charge in [0.15, 0.2) is 5.75 Å². The number of ether oxygens (including phenoxy) is 1. The molecular formula is C9H12N2OS. The summed E-state index contributed by atoms with van der Waals surface area (Å²) in [5, 5.41) is 12.9. The summed E-state index contributed by atoms with van der Waals surface area (Å²) in [4.78, 5) is 0.716. The Morgan fingerprint density at radius 2 is 2.31 bits per heavy atom. The van der Waals surface area contributed by atoms with E-state index >= 15 is 0 Å². The largest absolute Gasteiger partial charge is 0.493 e. The number of hydrogen-bond donors (Lipinski definition) is 1. The van der Waals surface area contributed by atoms with Crippen molar-refractivity contribution in [2.24, 2.45) is 0 Å². The summed E-state index contributed by atoms with van der Waals surface area (Å²) in [5.41, 5.74) is 0.922. The molecule has 0 spiro atoms. The van der Waals surface area contributed by atoms with E-state index in [1.54, 1.807) is 7.11 Å². The van der Waals surface area contributed by atoms with E-state index < -0.39 is 0 Å². The average molecular weight is 196 g/mol. The van der Waals surface area contributed by atoms with Gasteiger partial charge >= 0.3 is 0 Å². The van der Waals surface area contributed by atoms with E-state index in [0.717, 1.165) is 22.9 Å². The molecule has 1 N–H and O–H groups in total. The Bertz CT molecular complexity index is 338. The first-order chi connectivity index (χ1) is 6.24. The summed E-state index contributed by atoms with van der Waals surface area (Å²) in [5.74, 6) is 0.795. The molecule has 0 saturated heterocycles. The number of thiophene rings is 1. The van der Waals surface area contributed by atoms with Gasteiger partial charge in [0.05, 0.1) is 7.11 Å². The van der Waals surface area contributed by atoms with Gasteiger partial charge in [-0.25, -0.2) is 0 Å². The molecule has 1 heterocycles. The molecule has 0 aliphatic rings. The Hall–Kier alpha value is -1.21. The minimum absolute atomic E-state index is 0.716. The van der Waals surface area contributed by atoms with E-state index in [2.05, 4.69) is 11.4 Å². The smallest absolute Gasteiger partial charge is 0.157 e. The quantitative estimate of drug-likeness (QED) is 0.807. The van der Waals surface area contributed by atoms with Crippen LogP contribution in [0.1, 0.15) is 17.4 Å². The van der Waals surface area contributed by atoms with Crippen LogP contribution in [0.4, 0.5) is 5.00 Å². The van der Waals surface area contributed by atoms with E-state index in [1.807, 2.05) is 13.8 Å². The predicted octanol–water partition coefficient (Wildman–Crippen LogP) is 2.37. The van der Waals surface area contributed by atoms with Crippen molar-refractivity contribution in [1.82, 2.24) is 0 Å². The van der Waals surface area contributed by atoms with Crippen molar-refractivity contribution in [3.8, 4) is 11.8 Å². The molecule has 0 amide bonds. The summed E-state index contributed by atoms with van der Waals surface area (Å²) >= 11 is 1.44. The maximum atomic E-state index is 8.80. The number of nitriles is 1. The average Bonchev–Trinajstić information content (AvgIpc) is 2.43. The van der Waals surface area contributed by atoms with Gasteiger partial charge in [0, 0.05) is 12.1 Å². The summed E-state index contributed by atoms with van der Waals surface area (Å²) < 4.78 is 5.21. The maximum Gasteiger partial charge on any atom is 0.157 e. The van der Waals surface area contributed by atoms with Crippen LogP contribution in [0.5, 0.6) is 5.75 Å². The van der Waals surface area contributed by atoms with Gasteiger partial charge in [-0.2, -0.15) is 5.26 Å². The van der Waals surface area contributed by atoms with Gasteiger partial charge in [0.1, 0.15) is 15.9 Å². The molecule has 4 heteroatoms. The number of nitrogens with zero attached hydrogens (tertiary/aromatic N) is 1. The molecule has 3 nitrogen and oxygen atoms in total. The van der Waals surface area contributed by atoms with Crippen LogP contribution < -0.4 is 10.1 Å². The zero-order valence-electron chi connectivity index (χ0n) is 7.97. The fraction of sp³-hybridized carbons (Fsp3) is 0.444. The molecule has 13 heavy (non-hydrogen) atoms. The molecule has 0 saturated carbocycles. The highest BCUT2D eigenvalue weighted by Crippen LogP contribution is 2.38. The van der Waals surface area contributed by atoms with Gasteiger partial charge < -0.3 is 10.1 Å². The number of nitrogens with one attached hydrogen (secondary N) is 1. The molecule has 0 aliphatic heterocycles. The first-order valence-corrected chi connectivity index (χ1v) is 4.87. The zero-order chi connectivity index (χ0) is 9.84. The lowest BCUT2D eigenvalue weighted by Gasteiger charge is -2.03. The van der Waals surface area contributed by atoms with Crippen LogP contribution in [-0.2, 0) is 0 Å². The Labute approximate surface area is 82.0 Å². The molecule has 0 aliphatic carbocycles. The first-order valence-electron chi connectivity index (χ1n) is 4.05. The Kier molecular flexibility index (Phi) is 3.15. The van der Waals surface area contributed by atoms with Gasteiger partial charge in [0.2, 0.25) is 0 Å². The summed E-state index contributed by atoms with van der Waals surface area (Å²) in [6.07, 6.45) is 0. The second-order valence-corrected chi connectivity index (χ2v) is 3.58. The monoisotopic (exact) mass is 196 g/mol. The third-order valence-corrected chi connectivity index (χ3v) is 2.87. The van der Waals surface area contributed by atoms with Crippen LogP contribution in [0.2, 0.25) is 0 Å². The van der Waals surface area contributed by atoms with Gasteiger partial charge in [-0.15, -0.1) is 11.3 Å². The topological polar surface area (TPSA) is 45.0 Å². The van der Waals surface area contributed by atoms with Gasteiger partial charge in [-0.05, 0) is 13.8 Å². The van der Waals surface area contributed by atoms with Crippen molar-refractivity contribution in [3.05, 3.63) is 10.4 Å². The molecule has 0 fully saturated rings. The molecule has 0 atom stereocenters. The van der Waals surface area contributed by atoms with Gasteiger partial charge in [0.25, 0.3) is 0 Å². The van der Waals surface area contributed by atoms with Crippen LogP contribution in [0.15, 0.2) is 0 Å². The number of methoxy groups -OCH3 is 1. The molecule has 0 radical (unpaired) electrons. The normalized spacial score (nSPS) is 9.38. The molecule has 1 aromatic rings. The Balaban J connectivity index is 3.13. The number of hydrogen-bond acceptors (Lipinski definition) is 4. The number of anilines is 1. The Morgan fingerprint density at radius 3 is 2.77 bits per heavy atom. The second kappa shape index (κ2) is 4.15. The summed E-state index contributed by atoms with van der Waals surface area (Å²) in [6.45, 7) is 4.75. The lowest BCUT2D eigenvalue weighted by atomic mass is 10.3. The lowest BCUT2D eigenvalue weighted by Crippen LogP contribution is -1.96. The van der Waals surface area contributed by atoms with Crippen molar-refractivity contribution in [3.63, 3.8) is 0 Å². The third-order valence-electron chi connectivity index (χ3n) is 1.73. The predicted molar refractivity (Wildman–Crippen MR) is 54.5 cm³/mol. The molecule has 70 valence electrons. The lowest BCUT2D eigenvalue weighted by molar-refractivity contribution is 0.415. The van der Waals surface area contributed by atoms with Crippen LogP contribution in [0, 0.1) is 18.3 Å². The Morgan fingerprint density at radius 1 is 1.62 bits per heavy atom. The standard InChI is InChI=1S/C9H12N2OS/c1-4-11-9-8(12-3)6(2)7(5-10)13-9/h11H,4H2,1-3H3. The van der Waals surface area contributed by atoms with E-state index in [9.17, 15) is 0 Å². The van der Waals surface area contributed by atoms with Crippen molar-refractivity contribution in [1.29, 1.82) is 5.26 Å². The van der Waals surface area contributed by atoms with Gasteiger partial charge in [-0.3, -0.25) is 0 Å². The van der Waals surface area contributed by atoms with E-state index in [0.29, 0.717) is 4.88 Å². The maximum absolute atomic E-state index is 8.80. The molecule has 0 aromatic carbocycles. The van der Waals surface area contributed by atoms with Crippen molar-refractivity contribution in [2.75, 3.05) is 19.0 Å². The minimum atomic E-state index is 0.716. The highest BCUT2D eigenvalue weighted by molar-refractivity contribution is 7.17. The molecule has 0 bridgehead atoms. The highest BCUT2D eigenvalue weighted by Gasteiger charge is 2.14. The first kappa shape index (κ1) is 9.87. The minimum Gasteiger partial charge on any atom is -0.493 e. The third kappa shape index (κ3) is 1.76. The molecular weight excluding hydrogens is 184 g/mol. The fourth-order valence-electron chi connectivity index (χ4n) is 1.13. The second-order valence-electron chi connectivity index (χ2n) is 2.56. The van der Waals surface area contributed by atoms with Crippen LogP contribution in [0.25, 0.3) is 0 Å². The van der Waals surface area contributed by atoms with E-state index in [4.69, 9.17) is 10.00 Å². The molecule has 1 rings (SSSR count). The van der Waals surface area contributed by atoms with Crippen LogP contribution >= 0.6 is 11.3 Å². The number of rotatable bonds is 3. The van der Waals surface area contributed by atoms with Gasteiger partial charge in [-0.1, -0.05) is 0 Å². The zero-order valence-corrected chi connectivity index (χ0v) is 8.79. The van der Waals surface area contributed by atoms with E-state index in [1.165, 1.54) is 11.3 Å².